The molecule has 0 saturated heterocycles. The van der Waals surface area contributed by atoms with E-state index in [1.807, 2.05) is 12.1 Å². The molecule has 0 radical (unpaired) electrons. The van der Waals surface area contributed by atoms with Crippen LogP contribution in [0.15, 0.2) is 18.2 Å². The van der Waals surface area contributed by atoms with Crippen molar-refractivity contribution in [1.82, 2.24) is 5.32 Å². The second kappa shape index (κ2) is 4.85. The van der Waals surface area contributed by atoms with Crippen LogP contribution in [0.4, 0.5) is 0 Å². The lowest BCUT2D eigenvalue weighted by Crippen LogP contribution is -2.28. The van der Waals surface area contributed by atoms with Gasteiger partial charge < -0.3 is 15.2 Å². The summed E-state index contributed by atoms with van der Waals surface area (Å²) in [6.45, 7) is 5.44. The molecule has 0 fully saturated rings. The third kappa shape index (κ3) is 2.36. The Morgan fingerprint density at radius 3 is 3.00 bits per heavy atom. The van der Waals surface area contributed by atoms with Crippen LogP contribution in [0.25, 0.3) is 0 Å². The van der Waals surface area contributed by atoms with Gasteiger partial charge in [0.1, 0.15) is 5.75 Å². The number of rotatable bonds is 4. The number of benzene rings is 1. The average Bonchev–Trinajstić information content (AvgIpc) is 2.73. The predicted octanol–water partition coefficient (Wildman–Crippen LogP) is 1.65. The fourth-order valence-corrected chi connectivity index (χ4v) is 1.96. The van der Waals surface area contributed by atoms with Gasteiger partial charge in [0.15, 0.2) is 0 Å². The van der Waals surface area contributed by atoms with E-state index >= 15 is 0 Å². The van der Waals surface area contributed by atoms with Crippen molar-refractivity contribution in [3.05, 3.63) is 29.3 Å². The largest absolute Gasteiger partial charge is 0.493 e. The van der Waals surface area contributed by atoms with Crippen LogP contribution in [0.5, 0.6) is 5.75 Å². The van der Waals surface area contributed by atoms with E-state index in [1.54, 1.807) is 0 Å². The summed E-state index contributed by atoms with van der Waals surface area (Å²) in [5, 5.41) is 13.3. The van der Waals surface area contributed by atoms with Gasteiger partial charge in [-0.3, -0.25) is 0 Å². The van der Waals surface area contributed by atoms with Crippen LogP contribution in [0.3, 0.4) is 0 Å². The first kappa shape index (κ1) is 11.4. The Morgan fingerprint density at radius 2 is 2.25 bits per heavy atom. The molecule has 0 saturated carbocycles. The Morgan fingerprint density at radius 1 is 1.44 bits per heavy atom. The fourth-order valence-electron chi connectivity index (χ4n) is 1.96. The van der Waals surface area contributed by atoms with Crippen molar-refractivity contribution in [2.75, 3.05) is 13.2 Å². The van der Waals surface area contributed by atoms with E-state index in [0.29, 0.717) is 12.6 Å². The topological polar surface area (TPSA) is 41.5 Å². The molecule has 3 nitrogen and oxygen atoms in total. The molecule has 1 aliphatic heterocycles. The van der Waals surface area contributed by atoms with Gasteiger partial charge in [0.25, 0.3) is 0 Å². The molecular formula is C13H19NO2. The fraction of sp³-hybridized carbons (Fsp3) is 0.538. The van der Waals surface area contributed by atoms with Crippen LogP contribution >= 0.6 is 0 Å². The minimum atomic E-state index is -0.490. The van der Waals surface area contributed by atoms with E-state index in [2.05, 4.69) is 25.2 Å². The molecule has 0 spiro atoms. The van der Waals surface area contributed by atoms with Gasteiger partial charge in [-0.05, 0) is 5.56 Å². The number of hydrogen-bond donors (Lipinski definition) is 2. The number of nitrogens with one attached hydrogen (secondary N) is 1. The minimum Gasteiger partial charge on any atom is -0.493 e. The summed E-state index contributed by atoms with van der Waals surface area (Å²) in [5.74, 6) is 0.889. The molecule has 2 rings (SSSR count). The van der Waals surface area contributed by atoms with Crippen molar-refractivity contribution in [2.45, 2.75) is 32.4 Å². The molecule has 1 aromatic rings. The van der Waals surface area contributed by atoms with Crippen molar-refractivity contribution in [1.29, 1.82) is 0 Å². The Labute approximate surface area is 96.4 Å². The maximum absolute atomic E-state index is 10.1. The molecule has 0 aromatic heterocycles. The van der Waals surface area contributed by atoms with Gasteiger partial charge in [0, 0.05) is 24.6 Å². The monoisotopic (exact) mass is 221 g/mol. The van der Waals surface area contributed by atoms with E-state index in [1.165, 1.54) is 5.56 Å². The second-order valence-corrected chi connectivity index (χ2v) is 4.51. The van der Waals surface area contributed by atoms with Crippen molar-refractivity contribution in [3.63, 3.8) is 0 Å². The van der Waals surface area contributed by atoms with Crippen LogP contribution in [-0.2, 0) is 6.42 Å². The highest BCUT2D eigenvalue weighted by atomic mass is 16.5. The Balaban J connectivity index is 2.11. The highest BCUT2D eigenvalue weighted by Gasteiger charge is 2.20. The van der Waals surface area contributed by atoms with E-state index in [0.717, 1.165) is 24.3 Å². The summed E-state index contributed by atoms with van der Waals surface area (Å²) in [7, 11) is 0. The molecule has 1 heterocycles. The lowest BCUT2D eigenvalue weighted by atomic mass is 10.0. The molecule has 1 atom stereocenters. The molecule has 0 bridgehead atoms. The predicted molar refractivity (Wildman–Crippen MR) is 63.7 cm³/mol. The first-order valence-corrected chi connectivity index (χ1v) is 5.84. The zero-order chi connectivity index (χ0) is 11.5. The van der Waals surface area contributed by atoms with Crippen LogP contribution in [0, 0.1) is 0 Å². The number of aliphatic hydroxyl groups excluding tert-OH is 1. The summed E-state index contributed by atoms with van der Waals surface area (Å²) in [5.41, 5.74) is 2.12. The van der Waals surface area contributed by atoms with E-state index in [-0.39, 0.29) is 0 Å². The highest BCUT2D eigenvalue weighted by Crippen LogP contribution is 2.33. The molecule has 3 heteroatoms. The number of hydrogen-bond acceptors (Lipinski definition) is 3. The van der Waals surface area contributed by atoms with Gasteiger partial charge in [0.05, 0.1) is 12.7 Å². The summed E-state index contributed by atoms with van der Waals surface area (Å²) < 4.78 is 5.57. The molecule has 88 valence electrons. The zero-order valence-electron chi connectivity index (χ0n) is 9.86. The van der Waals surface area contributed by atoms with Gasteiger partial charge in [-0.2, -0.15) is 0 Å². The van der Waals surface area contributed by atoms with Crippen LogP contribution in [0.2, 0.25) is 0 Å². The Bertz CT molecular complexity index is 363. The normalized spacial score (nSPS) is 16.0. The summed E-state index contributed by atoms with van der Waals surface area (Å²) in [6.07, 6.45) is 0.462. The van der Waals surface area contributed by atoms with Gasteiger partial charge in [0.2, 0.25) is 0 Å². The van der Waals surface area contributed by atoms with Gasteiger partial charge in [-0.25, -0.2) is 0 Å². The maximum atomic E-state index is 10.1. The van der Waals surface area contributed by atoms with E-state index in [4.69, 9.17) is 4.74 Å². The van der Waals surface area contributed by atoms with Crippen molar-refractivity contribution in [2.24, 2.45) is 0 Å². The van der Waals surface area contributed by atoms with Crippen molar-refractivity contribution in [3.8, 4) is 5.75 Å². The summed E-state index contributed by atoms with van der Waals surface area (Å²) in [4.78, 5) is 0. The van der Waals surface area contributed by atoms with Gasteiger partial charge >= 0.3 is 0 Å². The molecule has 1 aliphatic rings. The molecule has 0 aliphatic carbocycles. The Hall–Kier alpha value is -1.06. The third-order valence-electron chi connectivity index (χ3n) is 2.82. The highest BCUT2D eigenvalue weighted by molar-refractivity contribution is 5.45. The minimum absolute atomic E-state index is 0.382. The number of para-hydroxylation sites is 1. The van der Waals surface area contributed by atoms with Crippen LogP contribution in [0.1, 0.15) is 31.1 Å². The van der Waals surface area contributed by atoms with Crippen LogP contribution in [-0.4, -0.2) is 24.3 Å². The summed E-state index contributed by atoms with van der Waals surface area (Å²) >= 11 is 0. The quantitative estimate of drug-likeness (QED) is 0.812. The van der Waals surface area contributed by atoms with Crippen molar-refractivity contribution >= 4 is 0 Å². The molecule has 1 unspecified atom stereocenters. The maximum Gasteiger partial charge on any atom is 0.128 e. The van der Waals surface area contributed by atoms with E-state index < -0.39 is 6.10 Å². The average molecular weight is 221 g/mol. The lowest BCUT2D eigenvalue weighted by Gasteiger charge is -2.16. The Kier molecular flexibility index (Phi) is 3.46. The first-order chi connectivity index (χ1) is 7.68. The molecule has 2 N–H and O–H groups in total. The van der Waals surface area contributed by atoms with Crippen LogP contribution < -0.4 is 10.1 Å². The lowest BCUT2D eigenvalue weighted by molar-refractivity contribution is 0.167. The van der Waals surface area contributed by atoms with E-state index in [9.17, 15) is 5.11 Å². The number of ether oxygens (including phenoxy) is 1. The SMILES string of the molecule is CC(C)NCC(O)c1cccc2c1OCC2. The molecule has 16 heavy (non-hydrogen) atoms. The molecule has 0 amide bonds. The molecule has 1 aromatic carbocycles. The third-order valence-corrected chi connectivity index (χ3v) is 2.82. The zero-order valence-corrected chi connectivity index (χ0v) is 9.86. The van der Waals surface area contributed by atoms with Gasteiger partial charge in [-0.15, -0.1) is 0 Å². The second-order valence-electron chi connectivity index (χ2n) is 4.51. The first-order valence-electron chi connectivity index (χ1n) is 5.84. The smallest absolute Gasteiger partial charge is 0.128 e. The summed E-state index contributed by atoms with van der Waals surface area (Å²) in [6, 6.07) is 6.37. The standard InChI is InChI=1S/C13H19NO2/c1-9(2)14-8-12(15)11-5-3-4-10-6-7-16-13(10)11/h3-5,9,12,14-15H,6-8H2,1-2H3. The molecular weight excluding hydrogens is 202 g/mol. The van der Waals surface area contributed by atoms with Crippen molar-refractivity contribution < 1.29 is 9.84 Å². The van der Waals surface area contributed by atoms with Gasteiger partial charge in [-0.1, -0.05) is 32.0 Å². The number of aliphatic hydroxyl groups is 1. The number of fused-ring (bicyclic) bond motifs is 1.